The molecule has 8 N–H and O–H groups in total. The normalized spacial score (nSPS) is 12.7. The van der Waals surface area contributed by atoms with E-state index < -0.39 is 40.4 Å². The van der Waals surface area contributed by atoms with E-state index in [1.165, 1.54) is 34.1 Å². The molecule has 0 aliphatic rings. The minimum Gasteiger partial charge on any atom is -0.508 e. The third-order valence-electron chi connectivity index (χ3n) is 5.28. The van der Waals surface area contributed by atoms with Crippen molar-refractivity contribution in [3.63, 3.8) is 0 Å². The second kappa shape index (κ2) is 19.2. The summed E-state index contributed by atoms with van der Waals surface area (Å²) < 4.78 is 24.6. The maximum absolute atomic E-state index is 11.8. The number of phenols is 2. The third-order valence-corrected chi connectivity index (χ3v) is 6.78. The van der Waals surface area contributed by atoms with Crippen molar-refractivity contribution in [2.24, 2.45) is 0 Å². The van der Waals surface area contributed by atoms with Crippen molar-refractivity contribution >= 4 is 15.2 Å². The molecule has 0 spiro atoms. The number of rotatable bonds is 13. The molecule has 0 aliphatic heterocycles. The predicted octanol–water partition coefficient (Wildman–Crippen LogP) is -1.84. The van der Waals surface area contributed by atoms with Gasteiger partial charge >= 0.3 is 61.8 Å². The minimum absolute atomic E-state index is 0. The number of hydrogen-bond acceptors (Lipinski definition) is 8. The van der Waals surface area contributed by atoms with E-state index in [1.807, 2.05) is 0 Å². The average Bonchev–Trinajstić information content (AvgIpc) is 2.77. The molecule has 233 valence electrons. The maximum Gasteiger partial charge on any atom is 3.00 e. The molecule has 2 rings (SSSR count). The molecule has 0 heterocycles. The number of nitrogens with zero attached hydrogens (tertiary/aromatic N) is 3. The van der Waals surface area contributed by atoms with Gasteiger partial charge in [-0.05, 0) is 30.7 Å². The van der Waals surface area contributed by atoms with E-state index in [0.717, 1.165) is 10.0 Å². The van der Waals surface area contributed by atoms with Gasteiger partial charge in [-0.25, -0.2) is 0 Å². The fraction of sp³-hybridized carbons (Fsp3) is 0.520. The van der Waals surface area contributed by atoms with Crippen LogP contribution in [0.25, 0.3) is 0 Å². The first kappa shape index (κ1) is 43.8. The SMILES string of the molecule is C[N+](C)(C)C.Cc1ccc(O)c(CN(CC(CO)N(Cc2cc(CO)ccc2O)CP(=O)(O)O)CP(=O)(O)O)c1.[Fe+3].[Na+]. The number of benzene rings is 2. The van der Waals surface area contributed by atoms with E-state index in [9.17, 15) is 49.1 Å². The van der Waals surface area contributed by atoms with Crippen molar-refractivity contribution in [1.29, 1.82) is 0 Å². The Bertz CT molecular complexity index is 1190. The molecule has 42 heavy (non-hydrogen) atoms. The molecule has 1 radical (unpaired) electrons. The molecule has 17 heteroatoms. The van der Waals surface area contributed by atoms with E-state index >= 15 is 0 Å². The van der Waals surface area contributed by atoms with E-state index in [1.54, 1.807) is 19.1 Å². The monoisotopic (exact) mass is 687 g/mol. The van der Waals surface area contributed by atoms with Crippen LogP contribution in [0.5, 0.6) is 11.5 Å². The molecule has 13 nitrogen and oxygen atoms in total. The van der Waals surface area contributed by atoms with Gasteiger partial charge in [0.25, 0.3) is 0 Å². The van der Waals surface area contributed by atoms with E-state index in [4.69, 9.17) is 0 Å². The average molecular weight is 687 g/mol. The first-order valence-corrected chi connectivity index (χ1v) is 16.0. The summed E-state index contributed by atoms with van der Waals surface area (Å²) in [6.07, 6.45) is -1.54. The second-order valence-corrected chi connectivity index (χ2v) is 14.4. The fourth-order valence-corrected chi connectivity index (χ4v) is 5.26. The van der Waals surface area contributed by atoms with Gasteiger partial charge in [0.05, 0.1) is 41.4 Å². The summed E-state index contributed by atoms with van der Waals surface area (Å²) in [5.74, 6) is -0.281. The predicted molar refractivity (Wildman–Crippen MR) is 151 cm³/mol. The number of hydrogen-bond donors (Lipinski definition) is 8. The number of aliphatic hydroxyl groups is 2. The molecule has 0 aliphatic carbocycles. The van der Waals surface area contributed by atoms with Gasteiger partial charge in [-0.2, -0.15) is 0 Å². The van der Waals surface area contributed by atoms with Gasteiger partial charge in [-0.3, -0.25) is 18.9 Å². The Morgan fingerprint density at radius 2 is 1.29 bits per heavy atom. The van der Waals surface area contributed by atoms with Crippen LogP contribution in [0.1, 0.15) is 22.3 Å². The van der Waals surface area contributed by atoms with Crippen molar-refractivity contribution in [2.45, 2.75) is 32.7 Å². The van der Waals surface area contributed by atoms with Crippen molar-refractivity contribution < 1.29 is 100 Å². The molecule has 0 aromatic heterocycles. The summed E-state index contributed by atoms with van der Waals surface area (Å²) in [5, 5.41) is 39.9. The van der Waals surface area contributed by atoms with Crippen LogP contribution in [0.2, 0.25) is 0 Å². The van der Waals surface area contributed by atoms with Crippen LogP contribution in [-0.4, -0.2) is 114 Å². The zero-order chi connectivity index (χ0) is 30.9. The number of aryl methyl sites for hydroxylation is 1. The summed E-state index contributed by atoms with van der Waals surface area (Å²) >= 11 is 0. The van der Waals surface area contributed by atoms with Crippen molar-refractivity contribution in [2.75, 3.05) is 53.9 Å². The first-order valence-electron chi connectivity index (χ1n) is 12.4. The van der Waals surface area contributed by atoms with Gasteiger partial charge in [-0.15, -0.1) is 0 Å². The summed E-state index contributed by atoms with van der Waals surface area (Å²) in [5.41, 5.74) is 1.87. The molecule has 2 aromatic rings. The standard InChI is InChI=1S/C21H32N2O10P2.C4H12N.Fe.Na/c1-15-2-4-20(26)17(6-15)8-22(13-34(28,29)30)10-19(12-25)23(14-35(31,32)33)9-18-7-16(11-24)3-5-21(18)27;1-5(2,3)4;;/h2-7,19,24-27H,8-14H2,1H3,(H2,28,29,30)(H2,31,32,33);1-4H3;;/q;+1;+3;+1. The number of quaternary nitrogens is 1. The second-order valence-electron chi connectivity index (χ2n) is 11.1. The molecule has 1 unspecified atom stereocenters. The number of phenolic OH excluding ortho intramolecular Hbond substituents is 2. The van der Waals surface area contributed by atoms with Gasteiger partial charge in [0.2, 0.25) is 0 Å². The molecule has 1 atom stereocenters. The molecule has 2 aromatic carbocycles. The van der Waals surface area contributed by atoms with E-state index in [2.05, 4.69) is 28.2 Å². The molecule has 0 amide bonds. The number of aromatic hydroxyl groups is 2. The number of aliphatic hydroxyl groups excluding tert-OH is 2. The van der Waals surface area contributed by atoms with Crippen LogP contribution < -0.4 is 29.6 Å². The van der Waals surface area contributed by atoms with Gasteiger partial charge in [0, 0.05) is 36.8 Å². The summed E-state index contributed by atoms with van der Waals surface area (Å²) in [6.45, 7) is 0.264. The molecule has 0 fully saturated rings. The zero-order valence-electron chi connectivity index (χ0n) is 25.0. The van der Waals surface area contributed by atoms with E-state index in [0.29, 0.717) is 11.1 Å². The first-order chi connectivity index (χ1) is 18.2. The molecular weight excluding hydrogens is 643 g/mol. The van der Waals surface area contributed by atoms with Crippen LogP contribution >= 0.6 is 15.2 Å². The van der Waals surface area contributed by atoms with Crippen molar-refractivity contribution in [3.8, 4) is 11.5 Å². The molecule has 0 bridgehead atoms. The van der Waals surface area contributed by atoms with Crippen molar-refractivity contribution in [1.82, 2.24) is 9.80 Å². The molecule has 0 saturated heterocycles. The smallest absolute Gasteiger partial charge is 0.508 e. The van der Waals surface area contributed by atoms with Crippen LogP contribution in [0.15, 0.2) is 36.4 Å². The summed E-state index contributed by atoms with van der Waals surface area (Å²) in [7, 11) is -0.739. The summed E-state index contributed by atoms with van der Waals surface area (Å²) in [6, 6.07) is 7.99. The van der Waals surface area contributed by atoms with Gasteiger partial charge in [-0.1, -0.05) is 23.8 Å². The van der Waals surface area contributed by atoms with Crippen LogP contribution in [0, 0.1) is 6.92 Å². The summed E-state index contributed by atoms with van der Waals surface area (Å²) in [4.78, 5) is 40.9. The Morgan fingerprint density at radius 1 is 0.810 bits per heavy atom. The fourth-order valence-electron chi connectivity index (χ4n) is 3.72. The van der Waals surface area contributed by atoms with Crippen LogP contribution in [0.4, 0.5) is 0 Å². The van der Waals surface area contributed by atoms with Crippen molar-refractivity contribution in [3.05, 3.63) is 58.7 Å². The Labute approximate surface area is 280 Å². The Balaban J connectivity index is 0. The van der Waals surface area contributed by atoms with Crippen LogP contribution in [-0.2, 0) is 45.9 Å². The Kier molecular flexibility index (Phi) is 20.1. The third kappa shape index (κ3) is 19.1. The Morgan fingerprint density at radius 3 is 1.74 bits per heavy atom. The largest absolute Gasteiger partial charge is 3.00 e. The molecular formula is C25H44FeN3NaO10P2+5. The maximum atomic E-state index is 11.8. The van der Waals surface area contributed by atoms with E-state index in [-0.39, 0.29) is 89.9 Å². The quantitative estimate of drug-likeness (QED) is 0.0666. The van der Waals surface area contributed by atoms with Gasteiger partial charge < -0.3 is 44.5 Å². The van der Waals surface area contributed by atoms with Crippen LogP contribution in [0.3, 0.4) is 0 Å². The molecule has 0 saturated carbocycles. The Hall–Kier alpha value is -0.341. The van der Waals surface area contributed by atoms with Gasteiger partial charge in [0.15, 0.2) is 0 Å². The zero-order valence-corrected chi connectivity index (χ0v) is 29.9. The van der Waals surface area contributed by atoms with Gasteiger partial charge in [0.1, 0.15) is 24.1 Å². The topological polar surface area (TPSA) is 202 Å². The minimum atomic E-state index is -4.65.